The number of amides is 1. The van der Waals surface area contributed by atoms with Crippen molar-refractivity contribution in [3.63, 3.8) is 0 Å². The Bertz CT molecular complexity index is 762. The molecule has 126 valence electrons. The van der Waals surface area contributed by atoms with Gasteiger partial charge in [0.25, 0.3) is 5.91 Å². The van der Waals surface area contributed by atoms with E-state index in [1.807, 2.05) is 20.0 Å². The standard InChI is InChI=1S/C19H24N4O/c1-12-6-4-5-7-15(12)18-16-10-20-9-14(16)11-23(18)19(24)17-8-13(2)22(3)21-17/h4-8,14,16,18,20H,9-11H2,1-3H3/t14-,16-,18+/m0/s1. The third-order valence-electron chi connectivity index (χ3n) is 5.67. The van der Waals surface area contributed by atoms with Gasteiger partial charge in [0.1, 0.15) is 0 Å². The van der Waals surface area contributed by atoms with Crippen LogP contribution in [0.4, 0.5) is 0 Å². The lowest BCUT2D eigenvalue weighted by Crippen LogP contribution is -2.35. The van der Waals surface area contributed by atoms with Gasteiger partial charge in [-0.25, -0.2) is 0 Å². The third-order valence-corrected chi connectivity index (χ3v) is 5.67. The van der Waals surface area contributed by atoms with Gasteiger partial charge in [0, 0.05) is 38.3 Å². The predicted octanol–water partition coefficient (Wildman–Crippen LogP) is 2.07. The summed E-state index contributed by atoms with van der Waals surface area (Å²) in [7, 11) is 1.88. The molecule has 2 saturated heterocycles. The van der Waals surface area contributed by atoms with Crippen molar-refractivity contribution in [3.8, 4) is 0 Å². The largest absolute Gasteiger partial charge is 0.330 e. The van der Waals surface area contributed by atoms with Gasteiger partial charge in [-0.3, -0.25) is 9.48 Å². The summed E-state index contributed by atoms with van der Waals surface area (Å²) in [5.74, 6) is 1.07. The van der Waals surface area contributed by atoms with Crippen molar-refractivity contribution in [1.82, 2.24) is 20.0 Å². The summed E-state index contributed by atoms with van der Waals surface area (Å²) >= 11 is 0. The van der Waals surface area contributed by atoms with Crippen LogP contribution >= 0.6 is 0 Å². The van der Waals surface area contributed by atoms with Gasteiger partial charge in [-0.15, -0.1) is 0 Å². The number of carbonyl (C=O) groups excluding carboxylic acids is 1. The van der Waals surface area contributed by atoms with E-state index in [-0.39, 0.29) is 11.9 Å². The number of nitrogens with zero attached hydrogens (tertiary/aromatic N) is 3. The smallest absolute Gasteiger partial charge is 0.274 e. The minimum absolute atomic E-state index is 0.0568. The van der Waals surface area contributed by atoms with E-state index in [0.717, 1.165) is 25.3 Å². The molecule has 5 nitrogen and oxygen atoms in total. The second kappa shape index (κ2) is 5.74. The molecule has 0 bridgehead atoms. The summed E-state index contributed by atoms with van der Waals surface area (Å²) < 4.78 is 1.77. The molecule has 24 heavy (non-hydrogen) atoms. The SMILES string of the molecule is Cc1ccccc1[C@@H]1[C@H]2CNC[C@H]2CN1C(=O)c1cc(C)n(C)n1. The van der Waals surface area contributed by atoms with E-state index in [9.17, 15) is 4.79 Å². The van der Waals surface area contributed by atoms with E-state index < -0.39 is 0 Å². The number of aryl methyl sites for hydroxylation is 3. The zero-order valence-electron chi connectivity index (χ0n) is 14.5. The molecule has 2 aromatic rings. The molecular formula is C19H24N4O. The molecular weight excluding hydrogens is 300 g/mol. The van der Waals surface area contributed by atoms with E-state index in [0.29, 0.717) is 17.5 Å². The van der Waals surface area contributed by atoms with Crippen LogP contribution in [0.15, 0.2) is 30.3 Å². The van der Waals surface area contributed by atoms with Crippen LogP contribution in [0.5, 0.6) is 0 Å². The highest BCUT2D eigenvalue weighted by atomic mass is 16.2. The first-order chi connectivity index (χ1) is 11.6. The average molecular weight is 324 g/mol. The molecule has 2 aliphatic heterocycles. The Morgan fingerprint density at radius 1 is 1.25 bits per heavy atom. The first-order valence-electron chi connectivity index (χ1n) is 8.64. The van der Waals surface area contributed by atoms with Crippen LogP contribution in [0.2, 0.25) is 0 Å². The summed E-state index contributed by atoms with van der Waals surface area (Å²) in [5.41, 5.74) is 4.09. The van der Waals surface area contributed by atoms with E-state index >= 15 is 0 Å². The summed E-state index contributed by atoms with van der Waals surface area (Å²) in [6, 6.07) is 10.5. The Balaban J connectivity index is 1.73. The Morgan fingerprint density at radius 3 is 2.75 bits per heavy atom. The molecule has 3 heterocycles. The molecule has 0 spiro atoms. The van der Waals surface area contributed by atoms with Crippen molar-refractivity contribution >= 4 is 5.91 Å². The summed E-state index contributed by atoms with van der Waals surface area (Å²) in [5, 5.41) is 7.91. The third kappa shape index (κ3) is 2.35. The van der Waals surface area contributed by atoms with Crippen LogP contribution in [0.25, 0.3) is 0 Å². The molecule has 2 fully saturated rings. The highest BCUT2D eigenvalue weighted by Gasteiger charge is 2.47. The van der Waals surface area contributed by atoms with Crippen molar-refractivity contribution in [2.75, 3.05) is 19.6 Å². The van der Waals surface area contributed by atoms with E-state index in [1.54, 1.807) is 4.68 Å². The van der Waals surface area contributed by atoms with Gasteiger partial charge in [0.15, 0.2) is 5.69 Å². The molecule has 0 radical (unpaired) electrons. The Morgan fingerprint density at radius 2 is 2.04 bits per heavy atom. The predicted molar refractivity (Wildman–Crippen MR) is 92.8 cm³/mol. The number of rotatable bonds is 2. The lowest BCUT2D eigenvalue weighted by Gasteiger charge is -2.29. The molecule has 1 aromatic heterocycles. The Kier molecular flexibility index (Phi) is 3.68. The minimum atomic E-state index is 0.0568. The first kappa shape index (κ1) is 15.4. The van der Waals surface area contributed by atoms with Crippen LogP contribution < -0.4 is 5.32 Å². The first-order valence-corrected chi connectivity index (χ1v) is 8.64. The zero-order valence-corrected chi connectivity index (χ0v) is 14.5. The summed E-state index contributed by atoms with van der Waals surface area (Å²) in [4.78, 5) is 15.2. The average Bonchev–Trinajstić information content (AvgIpc) is 3.23. The summed E-state index contributed by atoms with van der Waals surface area (Å²) in [6.07, 6.45) is 0. The van der Waals surface area contributed by atoms with E-state index in [2.05, 4.69) is 46.5 Å². The topological polar surface area (TPSA) is 50.2 Å². The number of likely N-dealkylation sites (tertiary alicyclic amines) is 1. The van der Waals surface area contributed by atoms with Crippen molar-refractivity contribution in [2.45, 2.75) is 19.9 Å². The Hall–Kier alpha value is -2.14. The zero-order chi connectivity index (χ0) is 16.8. The molecule has 0 saturated carbocycles. The van der Waals surface area contributed by atoms with Gasteiger partial charge in [-0.1, -0.05) is 24.3 Å². The van der Waals surface area contributed by atoms with Crippen molar-refractivity contribution in [2.24, 2.45) is 18.9 Å². The van der Waals surface area contributed by atoms with Crippen LogP contribution in [-0.2, 0) is 7.05 Å². The molecule has 5 heteroatoms. The highest BCUT2D eigenvalue weighted by molar-refractivity contribution is 5.93. The van der Waals surface area contributed by atoms with Crippen molar-refractivity contribution in [1.29, 1.82) is 0 Å². The van der Waals surface area contributed by atoms with Gasteiger partial charge in [0.05, 0.1) is 6.04 Å². The second-order valence-corrected chi connectivity index (χ2v) is 7.14. The van der Waals surface area contributed by atoms with Gasteiger partial charge in [-0.2, -0.15) is 5.10 Å². The van der Waals surface area contributed by atoms with Crippen molar-refractivity contribution < 1.29 is 4.79 Å². The van der Waals surface area contributed by atoms with Gasteiger partial charge < -0.3 is 10.2 Å². The molecule has 0 aliphatic carbocycles. The molecule has 1 N–H and O–H groups in total. The Labute approximate surface area is 142 Å². The van der Waals surface area contributed by atoms with Crippen LogP contribution in [-0.4, -0.2) is 40.2 Å². The number of benzene rings is 1. The van der Waals surface area contributed by atoms with E-state index in [4.69, 9.17) is 0 Å². The van der Waals surface area contributed by atoms with Gasteiger partial charge >= 0.3 is 0 Å². The molecule has 4 rings (SSSR count). The normalized spacial score (nSPS) is 26.0. The molecule has 1 amide bonds. The van der Waals surface area contributed by atoms with Crippen molar-refractivity contribution in [3.05, 3.63) is 52.8 Å². The lowest BCUT2D eigenvalue weighted by molar-refractivity contribution is 0.0707. The maximum atomic E-state index is 13.2. The fourth-order valence-electron chi connectivity index (χ4n) is 4.26. The molecule has 0 unspecified atom stereocenters. The molecule has 3 atom stereocenters. The number of nitrogens with one attached hydrogen (secondary N) is 1. The maximum Gasteiger partial charge on any atom is 0.274 e. The monoisotopic (exact) mass is 324 g/mol. The van der Waals surface area contributed by atoms with Crippen LogP contribution in [0.1, 0.15) is 33.4 Å². The number of hydrogen-bond acceptors (Lipinski definition) is 3. The quantitative estimate of drug-likeness (QED) is 0.920. The summed E-state index contributed by atoms with van der Waals surface area (Å²) in [6.45, 7) is 6.90. The van der Waals surface area contributed by atoms with Crippen LogP contribution in [0, 0.1) is 25.7 Å². The second-order valence-electron chi connectivity index (χ2n) is 7.14. The fraction of sp³-hybridized carbons (Fsp3) is 0.474. The molecule has 1 aromatic carbocycles. The van der Waals surface area contributed by atoms with Gasteiger partial charge in [0.2, 0.25) is 0 Å². The minimum Gasteiger partial charge on any atom is -0.330 e. The number of fused-ring (bicyclic) bond motifs is 1. The molecule has 2 aliphatic rings. The highest BCUT2D eigenvalue weighted by Crippen LogP contribution is 2.44. The van der Waals surface area contributed by atoms with E-state index in [1.165, 1.54) is 11.1 Å². The number of carbonyl (C=O) groups is 1. The number of hydrogen-bond donors (Lipinski definition) is 1. The maximum absolute atomic E-state index is 13.2. The fourth-order valence-corrected chi connectivity index (χ4v) is 4.26. The van der Waals surface area contributed by atoms with Crippen LogP contribution in [0.3, 0.4) is 0 Å². The lowest BCUT2D eigenvalue weighted by atomic mass is 9.87. The number of aromatic nitrogens is 2. The van der Waals surface area contributed by atoms with Gasteiger partial charge in [-0.05, 0) is 37.0 Å².